The fourth-order valence-electron chi connectivity index (χ4n) is 1.89. The summed E-state index contributed by atoms with van der Waals surface area (Å²) in [6.07, 6.45) is 1.72. The smallest absolute Gasteiger partial charge is 0.255 e. The minimum absolute atomic E-state index is 0.110. The number of aromatic nitrogens is 1. The van der Waals surface area contributed by atoms with Gasteiger partial charge in [0.15, 0.2) is 0 Å². The van der Waals surface area contributed by atoms with Crippen LogP contribution in [0, 0.1) is 6.92 Å². The van der Waals surface area contributed by atoms with Crippen molar-refractivity contribution in [3.8, 4) is 0 Å². The van der Waals surface area contributed by atoms with Crippen LogP contribution in [-0.4, -0.2) is 53.9 Å². The molecule has 0 N–H and O–H groups in total. The van der Waals surface area contributed by atoms with E-state index in [1.54, 1.807) is 6.20 Å². The van der Waals surface area contributed by atoms with Crippen molar-refractivity contribution in [2.24, 2.45) is 0 Å². The average Bonchev–Trinajstić information content (AvgIpc) is 2.30. The summed E-state index contributed by atoms with van der Waals surface area (Å²) in [5.74, 6) is 0.110. The monoisotopic (exact) mass is 219 g/mol. The Morgan fingerprint density at radius 1 is 1.31 bits per heavy atom. The van der Waals surface area contributed by atoms with E-state index < -0.39 is 0 Å². The summed E-state index contributed by atoms with van der Waals surface area (Å²) in [4.78, 5) is 20.5. The van der Waals surface area contributed by atoms with Gasteiger partial charge in [-0.3, -0.25) is 9.78 Å². The third-order valence-electron chi connectivity index (χ3n) is 3.03. The summed E-state index contributed by atoms with van der Waals surface area (Å²) in [6, 6.07) is 3.67. The van der Waals surface area contributed by atoms with Gasteiger partial charge in [0.25, 0.3) is 5.91 Å². The topological polar surface area (TPSA) is 36.4 Å². The Hall–Kier alpha value is -1.42. The second kappa shape index (κ2) is 4.61. The summed E-state index contributed by atoms with van der Waals surface area (Å²) in [6.45, 7) is 5.40. The van der Waals surface area contributed by atoms with Crippen LogP contribution in [0.1, 0.15) is 16.1 Å². The zero-order chi connectivity index (χ0) is 11.5. The van der Waals surface area contributed by atoms with Crippen molar-refractivity contribution in [3.63, 3.8) is 0 Å². The molecule has 86 valence electrons. The van der Waals surface area contributed by atoms with Crippen LogP contribution in [0.15, 0.2) is 18.3 Å². The zero-order valence-corrected chi connectivity index (χ0v) is 9.81. The SMILES string of the molecule is Cc1ncccc1C(=O)N1CCN(C)CC1. The van der Waals surface area contributed by atoms with E-state index in [4.69, 9.17) is 0 Å². The minimum atomic E-state index is 0.110. The third kappa shape index (κ3) is 2.22. The van der Waals surface area contributed by atoms with Crippen LogP contribution >= 0.6 is 0 Å². The van der Waals surface area contributed by atoms with E-state index in [9.17, 15) is 4.79 Å². The lowest BCUT2D eigenvalue weighted by molar-refractivity contribution is 0.0663. The van der Waals surface area contributed by atoms with Crippen LogP contribution in [0.3, 0.4) is 0 Å². The van der Waals surface area contributed by atoms with Gasteiger partial charge in [0.05, 0.1) is 5.56 Å². The number of carbonyl (C=O) groups is 1. The highest BCUT2D eigenvalue weighted by Crippen LogP contribution is 2.10. The van der Waals surface area contributed by atoms with E-state index in [2.05, 4.69) is 16.9 Å². The fourth-order valence-corrected chi connectivity index (χ4v) is 1.89. The number of hydrogen-bond acceptors (Lipinski definition) is 3. The van der Waals surface area contributed by atoms with Crippen molar-refractivity contribution < 1.29 is 4.79 Å². The predicted molar refractivity (Wildman–Crippen MR) is 62.4 cm³/mol. The number of nitrogens with zero attached hydrogens (tertiary/aromatic N) is 3. The predicted octanol–water partition coefficient (Wildman–Crippen LogP) is 0.778. The Kier molecular flexibility index (Phi) is 3.19. The molecule has 0 bridgehead atoms. The van der Waals surface area contributed by atoms with Crippen molar-refractivity contribution in [2.45, 2.75) is 6.92 Å². The molecule has 1 saturated heterocycles. The molecule has 2 rings (SSSR count). The lowest BCUT2D eigenvalue weighted by atomic mass is 10.1. The van der Waals surface area contributed by atoms with Gasteiger partial charge in [0.2, 0.25) is 0 Å². The third-order valence-corrected chi connectivity index (χ3v) is 3.03. The molecule has 0 unspecified atom stereocenters. The lowest BCUT2D eigenvalue weighted by Gasteiger charge is -2.32. The molecule has 1 fully saturated rings. The largest absolute Gasteiger partial charge is 0.336 e. The Morgan fingerprint density at radius 2 is 2.00 bits per heavy atom. The maximum atomic E-state index is 12.2. The summed E-state index contributed by atoms with van der Waals surface area (Å²) in [5, 5.41) is 0. The van der Waals surface area contributed by atoms with E-state index in [0.717, 1.165) is 37.4 Å². The summed E-state index contributed by atoms with van der Waals surface area (Å²) >= 11 is 0. The van der Waals surface area contributed by atoms with E-state index in [0.29, 0.717) is 0 Å². The summed E-state index contributed by atoms with van der Waals surface area (Å²) in [7, 11) is 2.08. The number of hydrogen-bond donors (Lipinski definition) is 0. The molecule has 1 aliphatic rings. The van der Waals surface area contributed by atoms with E-state index in [1.165, 1.54) is 0 Å². The first kappa shape index (κ1) is 11.1. The molecule has 1 aromatic heterocycles. The van der Waals surface area contributed by atoms with Crippen LogP contribution in [0.25, 0.3) is 0 Å². The van der Waals surface area contributed by atoms with Gasteiger partial charge < -0.3 is 9.80 Å². The standard InChI is InChI=1S/C12H17N3O/c1-10-11(4-3-5-13-10)12(16)15-8-6-14(2)7-9-15/h3-5H,6-9H2,1-2H3. The van der Waals surface area contributed by atoms with Gasteiger partial charge in [-0.05, 0) is 26.1 Å². The first-order valence-electron chi connectivity index (χ1n) is 5.58. The highest BCUT2D eigenvalue weighted by Gasteiger charge is 2.21. The van der Waals surface area contributed by atoms with Gasteiger partial charge in [-0.1, -0.05) is 0 Å². The van der Waals surface area contributed by atoms with Crippen LogP contribution in [0.4, 0.5) is 0 Å². The molecule has 0 aliphatic carbocycles. The van der Waals surface area contributed by atoms with Crippen LogP contribution in [0.5, 0.6) is 0 Å². The maximum Gasteiger partial charge on any atom is 0.255 e. The molecule has 1 aliphatic heterocycles. The number of aryl methyl sites for hydroxylation is 1. The number of amides is 1. The molecule has 0 atom stereocenters. The Labute approximate surface area is 95.9 Å². The van der Waals surface area contributed by atoms with E-state index in [1.807, 2.05) is 24.0 Å². The molecule has 4 nitrogen and oxygen atoms in total. The zero-order valence-electron chi connectivity index (χ0n) is 9.81. The molecule has 1 aromatic rings. The van der Waals surface area contributed by atoms with Crippen molar-refractivity contribution in [1.29, 1.82) is 0 Å². The molecule has 0 radical (unpaired) electrons. The van der Waals surface area contributed by atoms with Crippen molar-refractivity contribution >= 4 is 5.91 Å². The lowest BCUT2D eigenvalue weighted by Crippen LogP contribution is -2.47. The molecule has 4 heteroatoms. The van der Waals surface area contributed by atoms with Crippen molar-refractivity contribution in [2.75, 3.05) is 33.2 Å². The van der Waals surface area contributed by atoms with Crippen molar-refractivity contribution in [1.82, 2.24) is 14.8 Å². The highest BCUT2D eigenvalue weighted by molar-refractivity contribution is 5.95. The highest BCUT2D eigenvalue weighted by atomic mass is 16.2. The van der Waals surface area contributed by atoms with Gasteiger partial charge >= 0.3 is 0 Å². The number of carbonyl (C=O) groups excluding carboxylic acids is 1. The molecule has 0 aromatic carbocycles. The van der Waals surface area contributed by atoms with Gasteiger partial charge in [-0.15, -0.1) is 0 Å². The first-order chi connectivity index (χ1) is 7.68. The second-order valence-corrected chi connectivity index (χ2v) is 4.23. The molecule has 1 amide bonds. The minimum Gasteiger partial charge on any atom is -0.336 e. The number of rotatable bonds is 1. The second-order valence-electron chi connectivity index (χ2n) is 4.23. The number of likely N-dealkylation sites (N-methyl/N-ethyl adjacent to an activating group) is 1. The average molecular weight is 219 g/mol. The van der Waals surface area contributed by atoms with Gasteiger partial charge in [0.1, 0.15) is 0 Å². The molecular formula is C12H17N3O. The normalized spacial score (nSPS) is 17.5. The summed E-state index contributed by atoms with van der Waals surface area (Å²) < 4.78 is 0. The number of pyridine rings is 1. The van der Waals surface area contributed by atoms with Crippen molar-refractivity contribution in [3.05, 3.63) is 29.6 Å². The molecule has 0 spiro atoms. The molecule has 2 heterocycles. The van der Waals surface area contributed by atoms with Crippen LogP contribution in [0.2, 0.25) is 0 Å². The quantitative estimate of drug-likeness (QED) is 0.700. The van der Waals surface area contributed by atoms with E-state index >= 15 is 0 Å². The molecule has 0 saturated carbocycles. The molecule has 16 heavy (non-hydrogen) atoms. The maximum absolute atomic E-state index is 12.2. The van der Waals surface area contributed by atoms with Gasteiger partial charge in [-0.2, -0.15) is 0 Å². The summed E-state index contributed by atoms with van der Waals surface area (Å²) in [5.41, 5.74) is 1.54. The van der Waals surface area contributed by atoms with Gasteiger partial charge in [-0.25, -0.2) is 0 Å². The Morgan fingerprint density at radius 3 is 2.62 bits per heavy atom. The fraction of sp³-hybridized carbons (Fsp3) is 0.500. The van der Waals surface area contributed by atoms with Crippen LogP contribution in [-0.2, 0) is 0 Å². The molecular weight excluding hydrogens is 202 g/mol. The first-order valence-corrected chi connectivity index (χ1v) is 5.58. The number of piperazine rings is 1. The Bertz CT molecular complexity index is 384. The van der Waals surface area contributed by atoms with Gasteiger partial charge in [0, 0.05) is 38.1 Å². The van der Waals surface area contributed by atoms with E-state index in [-0.39, 0.29) is 5.91 Å². The van der Waals surface area contributed by atoms with Crippen LogP contribution < -0.4 is 0 Å². The Balaban J connectivity index is 2.11.